The summed E-state index contributed by atoms with van der Waals surface area (Å²) in [5.74, 6) is 0. The van der Waals surface area contributed by atoms with Crippen molar-refractivity contribution < 1.29 is 4.42 Å². The summed E-state index contributed by atoms with van der Waals surface area (Å²) in [5, 5.41) is 8.56. The number of para-hydroxylation sites is 4. The van der Waals surface area contributed by atoms with E-state index in [1.54, 1.807) is 0 Å². The van der Waals surface area contributed by atoms with Crippen molar-refractivity contribution in [1.29, 1.82) is 0 Å². The van der Waals surface area contributed by atoms with E-state index >= 15 is 0 Å². The summed E-state index contributed by atoms with van der Waals surface area (Å²) in [7, 11) is 0. The maximum Gasteiger partial charge on any atom is 0.159 e. The standard InChI is InChI=1S/C49H35N3O/c1-3-13-32(14-4-1)35-27-30-43-40(31-35)38-17-7-9-21-42(38)52(43)45-23-11-19-39-47-37(18-12-24-46(47)53-48(39)45)33-25-28-36(29-26-33)51-44-22-10-8-20-41(44)50-49(51)34-15-5-2-6-16-34/h1-25,27-28,30-31,49-50H,26,29H2. The number of aromatic nitrogens is 1. The van der Waals surface area contributed by atoms with Crippen molar-refractivity contribution in [2.45, 2.75) is 19.0 Å². The molecule has 1 unspecified atom stereocenters. The largest absolute Gasteiger partial charge is 0.454 e. The molecule has 53 heavy (non-hydrogen) atoms. The van der Waals surface area contributed by atoms with Gasteiger partial charge in [-0.15, -0.1) is 0 Å². The van der Waals surface area contributed by atoms with Gasteiger partial charge in [0.25, 0.3) is 0 Å². The monoisotopic (exact) mass is 681 g/mol. The van der Waals surface area contributed by atoms with E-state index in [4.69, 9.17) is 4.42 Å². The van der Waals surface area contributed by atoms with Crippen LogP contribution in [0.25, 0.3) is 66.1 Å². The number of hydrogen-bond acceptors (Lipinski definition) is 3. The molecule has 0 amide bonds. The maximum absolute atomic E-state index is 6.85. The topological polar surface area (TPSA) is 33.3 Å². The van der Waals surface area contributed by atoms with Crippen LogP contribution in [0.15, 0.2) is 186 Å². The zero-order valence-electron chi connectivity index (χ0n) is 29.0. The van der Waals surface area contributed by atoms with Crippen LogP contribution in [0, 0.1) is 0 Å². The van der Waals surface area contributed by atoms with Crippen molar-refractivity contribution >= 4 is 60.7 Å². The molecule has 0 saturated heterocycles. The Morgan fingerprint density at radius 1 is 0.547 bits per heavy atom. The molecule has 0 saturated carbocycles. The van der Waals surface area contributed by atoms with Crippen molar-refractivity contribution in [1.82, 2.24) is 4.57 Å². The predicted octanol–water partition coefficient (Wildman–Crippen LogP) is 13.0. The lowest BCUT2D eigenvalue weighted by molar-refractivity contribution is 0.666. The molecular formula is C49H35N3O. The smallest absolute Gasteiger partial charge is 0.159 e. The summed E-state index contributed by atoms with van der Waals surface area (Å²) >= 11 is 0. The first-order valence-corrected chi connectivity index (χ1v) is 18.4. The second-order valence-electron chi connectivity index (χ2n) is 14.1. The number of fused-ring (bicyclic) bond motifs is 7. The van der Waals surface area contributed by atoms with Crippen molar-refractivity contribution in [2.75, 3.05) is 10.2 Å². The molecule has 252 valence electrons. The molecule has 4 nitrogen and oxygen atoms in total. The maximum atomic E-state index is 6.85. The van der Waals surface area contributed by atoms with Gasteiger partial charge in [0, 0.05) is 27.2 Å². The van der Waals surface area contributed by atoms with Gasteiger partial charge in [0.15, 0.2) is 5.58 Å². The Kier molecular flexibility index (Phi) is 6.71. The van der Waals surface area contributed by atoms with Crippen LogP contribution >= 0.6 is 0 Å². The first kappa shape index (κ1) is 29.9. The number of anilines is 2. The third kappa shape index (κ3) is 4.69. The molecule has 2 aromatic heterocycles. The molecule has 1 N–H and O–H groups in total. The minimum atomic E-state index is 0.0558. The van der Waals surface area contributed by atoms with Crippen molar-refractivity contribution in [3.63, 3.8) is 0 Å². The van der Waals surface area contributed by atoms with E-state index in [0.717, 1.165) is 35.1 Å². The quantitative estimate of drug-likeness (QED) is 0.196. The van der Waals surface area contributed by atoms with Gasteiger partial charge in [0.2, 0.25) is 0 Å². The first-order valence-electron chi connectivity index (χ1n) is 18.4. The molecule has 0 fully saturated rings. The minimum Gasteiger partial charge on any atom is -0.454 e. The molecule has 0 spiro atoms. The fraction of sp³-hybridized carbons (Fsp3) is 0.0612. The number of rotatable bonds is 5. The van der Waals surface area contributed by atoms with Gasteiger partial charge in [0.1, 0.15) is 11.7 Å². The molecule has 0 bridgehead atoms. The predicted molar refractivity (Wildman–Crippen MR) is 221 cm³/mol. The van der Waals surface area contributed by atoms with E-state index in [9.17, 15) is 0 Å². The summed E-state index contributed by atoms with van der Waals surface area (Å²) in [6.07, 6.45) is 6.59. The summed E-state index contributed by atoms with van der Waals surface area (Å²) in [6.45, 7) is 0. The highest BCUT2D eigenvalue weighted by Crippen LogP contribution is 2.47. The Hall–Kier alpha value is -6.78. The summed E-state index contributed by atoms with van der Waals surface area (Å²) < 4.78 is 9.23. The van der Waals surface area contributed by atoms with Crippen LogP contribution in [0.1, 0.15) is 30.1 Å². The number of hydrogen-bond donors (Lipinski definition) is 1. The Labute approximate surface area is 307 Å². The third-order valence-electron chi connectivity index (χ3n) is 11.1. The van der Waals surface area contributed by atoms with Crippen LogP contribution < -0.4 is 10.2 Å². The van der Waals surface area contributed by atoms with Crippen molar-refractivity contribution in [2.24, 2.45) is 0 Å². The highest BCUT2D eigenvalue weighted by atomic mass is 16.3. The second kappa shape index (κ2) is 11.9. The van der Waals surface area contributed by atoms with E-state index in [1.165, 1.54) is 72.1 Å². The molecule has 1 atom stereocenters. The zero-order valence-corrected chi connectivity index (χ0v) is 29.0. The van der Waals surface area contributed by atoms with Crippen molar-refractivity contribution in [3.8, 4) is 16.8 Å². The van der Waals surface area contributed by atoms with Crippen LogP contribution in [0.5, 0.6) is 0 Å². The minimum absolute atomic E-state index is 0.0558. The van der Waals surface area contributed by atoms with Crippen LogP contribution in [0.3, 0.4) is 0 Å². The van der Waals surface area contributed by atoms with Gasteiger partial charge in [-0.3, -0.25) is 0 Å². The SMILES string of the molecule is C1=C(c2cccc3oc4c(-n5c6ccccc6c6cc(-c7ccccc7)ccc65)cccc4c23)CCC(N2c3ccccc3NC2c2ccccc2)=C1. The average Bonchev–Trinajstić information content (AvgIpc) is 3.91. The summed E-state index contributed by atoms with van der Waals surface area (Å²) in [6, 6.07) is 58.6. The van der Waals surface area contributed by atoms with Crippen LogP contribution in [-0.4, -0.2) is 4.57 Å². The number of nitrogens with one attached hydrogen (secondary N) is 1. The highest BCUT2D eigenvalue weighted by molar-refractivity contribution is 6.15. The Balaban J connectivity index is 1.04. The summed E-state index contributed by atoms with van der Waals surface area (Å²) in [4.78, 5) is 2.48. The molecule has 1 aliphatic carbocycles. The lowest BCUT2D eigenvalue weighted by Crippen LogP contribution is -2.28. The summed E-state index contributed by atoms with van der Waals surface area (Å²) in [5.41, 5.74) is 15.2. The first-order chi connectivity index (χ1) is 26.3. The van der Waals surface area contributed by atoms with Crippen LogP contribution in [-0.2, 0) is 0 Å². The van der Waals surface area contributed by atoms with E-state index in [1.807, 2.05) is 0 Å². The number of furan rings is 1. The fourth-order valence-electron chi connectivity index (χ4n) is 8.72. The normalized spacial score (nSPS) is 15.5. The fourth-order valence-corrected chi connectivity index (χ4v) is 8.72. The molecule has 9 aromatic rings. The zero-order chi connectivity index (χ0) is 34.9. The molecule has 7 aromatic carbocycles. The second-order valence-corrected chi connectivity index (χ2v) is 14.1. The van der Waals surface area contributed by atoms with Gasteiger partial charge in [-0.25, -0.2) is 0 Å². The van der Waals surface area contributed by atoms with Gasteiger partial charge in [-0.2, -0.15) is 0 Å². The molecular weight excluding hydrogens is 647 g/mol. The lowest BCUT2D eigenvalue weighted by atomic mass is 9.92. The Morgan fingerprint density at radius 3 is 2.15 bits per heavy atom. The van der Waals surface area contributed by atoms with E-state index in [0.29, 0.717) is 0 Å². The van der Waals surface area contributed by atoms with E-state index in [2.05, 4.69) is 191 Å². The van der Waals surface area contributed by atoms with Crippen molar-refractivity contribution in [3.05, 3.63) is 193 Å². The van der Waals surface area contributed by atoms with Crippen LogP contribution in [0.2, 0.25) is 0 Å². The van der Waals surface area contributed by atoms with Crippen LogP contribution in [0.4, 0.5) is 11.4 Å². The van der Waals surface area contributed by atoms with Gasteiger partial charge in [-0.1, -0.05) is 127 Å². The number of allylic oxidation sites excluding steroid dienone is 4. The molecule has 4 heteroatoms. The lowest BCUT2D eigenvalue weighted by Gasteiger charge is -2.31. The number of nitrogens with zero attached hydrogens (tertiary/aromatic N) is 2. The molecule has 11 rings (SSSR count). The Morgan fingerprint density at radius 2 is 1.28 bits per heavy atom. The molecule has 2 aliphatic rings. The average molecular weight is 682 g/mol. The molecule has 0 radical (unpaired) electrons. The van der Waals surface area contributed by atoms with Gasteiger partial charge in [0.05, 0.1) is 28.1 Å². The van der Waals surface area contributed by atoms with Gasteiger partial charge >= 0.3 is 0 Å². The molecule has 3 heterocycles. The number of benzene rings is 7. The van der Waals surface area contributed by atoms with E-state index < -0.39 is 0 Å². The van der Waals surface area contributed by atoms with E-state index in [-0.39, 0.29) is 6.17 Å². The highest BCUT2D eigenvalue weighted by Gasteiger charge is 2.32. The Bertz CT molecular complexity index is 2930. The van der Waals surface area contributed by atoms with Gasteiger partial charge in [-0.05, 0) is 89.2 Å². The third-order valence-corrected chi connectivity index (χ3v) is 11.1. The molecule has 1 aliphatic heterocycles. The van der Waals surface area contributed by atoms with Gasteiger partial charge < -0.3 is 19.2 Å².